The molecule has 0 atom stereocenters. The monoisotopic (exact) mass is 256 g/mol. The summed E-state index contributed by atoms with van der Waals surface area (Å²) >= 11 is 0. The number of nitrogens with zero attached hydrogens (tertiary/aromatic N) is 2. The maximum atomic E-state index is 13.9. The van der Waals surface area contributed by atoms with Crippen molar-refractivity contribution in [2.24, 2.45) is 4.99 Å². The minimum Gasteiger partial charge on any atom is -0.259 e. The summed E-state index contributed by atoms with van der Waals surface area (Å²) in [6.45, 7) is 0.861. The molecule has 2 aliphatic carbocycles. The topological polar surface area (TPSA) is 12.4 Å². The standard InChI is InChI=1S/C16H17FN2/c17-16-4-2-1-3-15(16)12-9-18-11-19(10-12,13-5-6-13)14-7-8-14/h1-4,9,13-14H,5-8,10H2/q+1. The van der Waals surface area contributed by atoms with E-state index in [2.05, 4.69) is 11.3 Å². The highest BCUT2D eigenvalue weighted by atomic mass is 19.1. The van der Waals surface area contributed by atoms with Gasteiger partial charge in [-0.05, 0) is 6.07 Å². The van der Waals surface area contributed by atoms with Gasteiger partial charge in [-0.25, -0.2) is 4.39 Å². The van der Waals surface area contributed by atoms with Crippen molar-refractivity contribution in [2.45, 2.75) is 37.8 Å². The van der Waals surface area contributed by atoms with E-state index in [4.69, 9.17) is 0 Å². The molecule has 0 saturated heterocycles. The van der Waals surface area contributed by atoms with Gasteiger partial charge >= 0.3 is 6.34 Å². The molecular formula is C16H17FN2+. The van der Waals surface area contributed by atoms with Crippen molar-refractivity contribution in [2.75, 3.05) is 6.54 Å². The summed E-state index contributed by atoms with van der Waals surface area (Å²) in [6.07, 6.45) is 10.2. The zero-order chi connectivity index (χ0) is 12.9. The Balaban J connectivity index is 1.70. The van der Waals surface area contributed by atoms with E-state index in [0.717, 1.165) is 16.6 Å². The van der Waals surface area contributed by atoms with Gasteiger partial charge in [-0.2, -0.15) is 4.99 Å². The number of halogens is 1. The molecule has 97 valence electrons. The van der Waals surface area contributed by atoms with Crippen LogP contribution in [0.1, 0.15) is 31.2 Å². The van der Waals surface area contributed by atoms with Crippen molar-refractivity contribution >= 4 is 11.9 Å². The fourth-order valence-electron chi connectivity index (χ4n) is 3.24. The number of quaternary nitrogens is 1. The van der Waals surface area contributed by atoms with Gasteiger partial charge in [0.2, 0.25) is 0 Å². The van der Waals surface area contributed by atoms with Crippen LogP contribution in [0.3, 0.4) is 0 Å². The third kappa shape index (κ3) is 1.84. The first-order valence-corrected chi connectivity index (χ1v) is 7.08. The summed E-state index contributed by atoms with van der Waals surface area (Å²) in [5, 5.41) is 0. The molecule has 0 N–H and O–H groups in total. The summed E-state index contributed by atoms with van der Waals surface area (Å²) in [4.78, 5) is 4.35. The molecule has 3 heteroatoms. The Hall–Kier alpha value is -1.48. The molecule has 1 aromatic carbocycles. The van der Waals surface area contributed by atoms with E-state index in [9.17, 15) is 4.39 Å². The number of aliphatic imine (C=N–C) groups is 1. The molecule has 0 spiro atoms. The maximum Gasteiger partial charge on any atom is 0.311 e. The van der Waals surface area contributed by atoms with Gasteiger partial charge in [-0.1, -0.05) is 18.2 Å². The van der Waals surface area contributed by atoms with Crippen molar-refractivity contribution in [3.05, 3.63) is 41.8 Å². The zero-order valence-corrected chi connectivity index (χ0v) is 10.8. The molecule has 3 aliphatic rings. The highest BCUT2D eigenvalue weighted by Crippen LogP contribution is 2.46. The van der Waals surface area contributed by atoms with Crippen LogP contribution in [0.4, 0.5) is 4.39 Å². The van der Waals surface area contributed by atoms with Gasteiger partial charge < -0.3 is 0 Å². The molecule has 1 heterocycles. The first kappa shape index (κ1) is 11.4. The fraction of sp³-hybridized carbons (Fsp3) is 0.438. The SMILES string of the molecule is Fc1ccccc1C1=CN=[C][N+](C2CC2)(C2CC2)C1. The molecule has 2 fully saturated rings. The molecule has 1 aromatic rings. The van der Waals surface area contributed by atoms with E-state index in [1.54, 1.807) is 12.3 Å². The van der Waals surface area contributed by atoms with Crippen LogP contribution in [0.25, 0.3) is 5.57 Å². The van der Waals surface area contributed by atoms with E-state index >= 15 is 0 Å². The molecule has 1 aliphatic heterocycles. The summed E-state index contributed by atoms with van der Waals surface area (Å²) in [5.41, 5.74) is 1.73. The Morgan fingerprint density at radius 1 is 1.11 bits per heavy atom. The van der Waals surface area contributed by atoms with Gasteiger partial charge in [-0.15, -0.1) is 0 Å². The predicted octanol–water partition coefficient (Wildman–Crippen LogP) is 3.23. The Bertz CT molecular complexity index is 556. The molecule has 2 nitrogen and oxygen atoms in total. The van der Waals surface area contributed by atoms with Crippen LogP contribution in [0, 0.1) is 5.82 Å². The average molecular weight is 256 g/mol. The van der Waals surface area contributed by atoms with Gasteiger partial charge in [0.1, 0.15) is 12.4 Å². The van der Waals surface area contributed by atoms with Crippen LogP contribution in [-0.2, 0) is 0 Å². The second kappa shape index (κ2) is 4.01. The minimum atomic E-state index is -0.143. The number of hydrogen-bond acceptors (Lipinski definition) is 1. The van der Waals surface area contributed by atoms with Crippen molar-refractivity contribution in [1.29, 1.82) is 0 Å². The van der Waals surface area contributed by atoms with Crippen LogP contribution in [-0.4, -0.2) is 29.5 Å². The predicted molar refractivity (Wildman–Crippen MR) is 73.0 cm³/mol. The van der Waals surface area contributed by atoms with Crippen molar-refractivity contribution in [1.82, 2.24) is 0 Å². The van der Waals surface area contributed by atoms with Gasteiger partial charge in [0.25, 0.3) is 0 Å². The maximum absolute atomic E-state index is 13.9. The van der Waals surface area contributed by atoms with Crippen LogP contribution >= 0.6 is 0 Å². The molecule has 0 bridgehead atoms. The lowest BCUT2D eigenvalue weighted by Gasteiger charge is -2.35. The van der Waals surface area contributed by atoms with E-state index in [0.29, 0.717) is 17.6 Å². The third-order valence-corrected chi connectivity index (χ3v) is 4.51. The first-order valence-electron chi connectivity index (χ1n) is 7.08. The third-order valence-electron chi connectivity index (χ3n) is 4.51. The fourth-order valence-corrected chi connectivity index (χ4v) is 3.24. The van der Waals surface area contributed by atoms with Crippen molar-refractivity contribution in [3.8, 4) is 0 Å². The highest BCUT2D eigenvalue weighted by molar-refractivity contribution is 5.71. The summed E-state index contributed by atoms with van der Waals surface area (Å²) < 4.78 is 14.8. The molecule has 0 amide bonds. The Labute approximate surface area is 112 Å². The van der Waals surface area contributed by atoms with Gasteiger partial charge in [0.15, 0.2) is 0 Å². The van der Waals surface area contributed by atoms with Crippen LogP contribution in [0.15, 0.2) is 35.5 Å². The van der Waals surface area contributed by atoms with Crippen molar-refractivity contribution < 1.29 is 8.87 Å². The molecule has 4 rings (SSSR count). The lowest BCUT2D eigenvalue weighted by molar-refractivity contribution is -0.850. The van der Waals surface area contributed by atoms with Crippen molar-refractivity contribution in [3.63, 3.8) is 0 Å². The highest BCUT2D eigenvalue weighted by Gasteiger charge is 2.55. The van der Waals surface area contributed by atoms with Crippen LogP contribution in [0.2, 0.25) is 0 Å². The average Bonchev–Trinajstić information content (AvgIpc) is 3.32. The van der Waals surface area contributed by atoms with Gasteiger partial charge in [-0.3, -0.25) is 4.48 Å². The minimum absolute atomic E-state index is 0.143. The Morgan fingerprint density at radius 2 is 1.79 bits per heavy atom. The molecule has 0 aromatic heterocycles. The number of benzene rings is 1. The van der Waals surface area contributed by atoms with E-state index < -0.39 is 0 Å². The molecule has 1 radical (unpaired) electrons. The smallest absolute Gasteiger partial charge is 0.259 e. The van der Waals surface area contributed by atoms with E-state index in [1.165, 1.54) is 31.7 Å². The second-order valence-electron chi connectivity index (χ2n) is 5.91. The second-order valence-corrected chi connectivity index (χ2v) is 5.91. The van der Waals surface area contributed by atoms with E-state index in [-0.39, 0.29) is 5.82 Å². The van der Waals surface area contributed by atoms with Gasteiger partial charge in [0, 0.05) is 43.0 Å². The largest absolute Gasteiger partial charge is 0.311 e. The quantitative estimate of drug-likeness (QED) is 0.736. The lowest BCUT2D eigenvalue weighted by atomic mass is 10.0. The van der Waals surface area contributed by atoms with E-state index in [1.807, 2.05) is 12.1 Å². The molecular weight excluding hydrogens is 239 g/mol. The number of rotatable bonds is 3. The molecule has 2 saturated carbocycles. The zero-order valence-electron chi connectivity index (χ0n) is 10.8. The molecule has 19 heavy (non-hydrogen) atoms. The van der Waals surface area contributed by atoms with Crippen LogP contribution in [0.5, 0.6) is 0 Å². The Kier molecular flexibility index (Phi) is 2.39. The summed E-state index contributed by atoms with van der Waals surface area (Å²) in [5.74, 6) is -0.143. The normalized spacial score (nSPS) is 25.2. The summed E-state index contributed by atoms with van der Waals surface area (Å²) in [6, 6.07) is 8.36. The van der Waals surface area contributed by atoms with Crippen LogP contribution < -0.4 is 0 Å². The first-order chi connectivity index (χ1) is 9.29. The number of hydrogen-bond donors (Lipinski definition) is 0. The lowest BCUT2D eigenvalue weighted by Crippen LogP contribution is -2.52. The van der Waals surface area contributed by atoms with Gasteiger partial charge in [0.05, 0.1) is 12.1 Å². The summed E-state index contributed by atoms with van der Waals surface area (Å²) in [7, 11) is 0. The Morgan fingerprint density at radius 3 is 2.42 bits per heavy atom. The molecule has 0 unspecified atom stereocenters.